The minimum atomic E-state index is -0.0532. The van der Waals surface area contributed by atoms with E-state index in [1.54, 1.807) is 18.5 Å². The number of aromatic amines is 1. The summed E-state index contributed by atoms with van der Waals surface area (Å²) < 4.78 is 0. The summed E-state index contributed by atoms with van der Waals surface area (Å²) in [6, 6.07) is 3.62. The first-order valence-electron chi connectivity index (χ1n) is 8.86. The van der Waals surface area contributed by atoms with E-state index in [2.05, 4.69) is 19.8 Å². The standard InChI is InChI=1S/C18H22ClN5O/c19-15-10-20-5-3-13(15)11-23-8-4-14(12-23)16-9-17(25)22-18(21-16)24-6-1-2-7-24/h3,5,9-10,14H,1-2,4,6-8,11-12H2,(H,21,22,25). The van der Waals surface area contributed by atoms with Crippen molar-refractivity contribution in [2.45, 2.75) is 31.7 Å². The lowest BCUT2D eigenvalue weighted by Gasteiger charge is -2.19. The Morgan fingerprint density at radius 1 is 1.28 bits per heavy atom. The molecule has 0 spiro atoms. The van der Waals surface area contributed by atoms with Gasteiger partial charge >= 0.3 is 0 Å². The molecule has 0 bridgehead atoms. The van der Waals surface area contributed by atoms with Gasteiger partial charge in [-0.25, -0.2) is 4.98 Å². The van der Waals surface area contributed by atoms with E-state index in [-0.39, 0.29) is 5.56 Å². The van der Waals surface area contributed by atoms with Gasteiger partial charge in [-0.3, -0.25) is 19.7 Å². The van der Waals surface area contributed by atoms with Gasteiger partial charge in [-0.15, -0.1) is 0 Å². The molecule has 0 radical (unpaired) electrons. The monoisotopic (exact) mass is 359 g/mol. The summed E-state index contributed by atoms with van der Waals surface area (Å²) in [5.74, 6) is 1.03. The molecule has 0 saturated carbocycles. The fraction of sp³-hybridized carbons (Fsp3) is 0.500. The first kappa shape index (κ1) is 16.5. The Morgan fingerprint density at radius 3 is 2.92 bits per heavy atom. The van der Waals surface area contributed by atoms with Crippen molar-refractivity contribution < 1.29 is 0 Å². The Kier molecular flexibility index (Phi) is 4.72. The molecule has 0 aromatic carbocycles. The minimum absolute atomic E-state index is 0.0532. The number of hydrogen-bond acceptors (Lipinski definition) is 5. The van der Waals surface area contributed by atoms with Crippen LogP contribution in [0.5, 0.6) is 0 Å². The van der Waals surface area contributed by atoms with Crippen LogP contribution in [0.3, 0.4) is 0 Å². The van der Waals surface area contributed by atoms with Gasteiger partial charge in [0.25, 0.3) is 5.56 Å². The number of rotatable bonds is 4. The van der Waals surface area contributed by atoms with Crippen LogP contribution in [0.2, 0.25) is 5.02 Å². The van der Waals surface area contributed by atoms with Gasteiger partial charge in [-0.1, -0.05) is 11.6 Å². The van der Waals surface area contributed by atoms with E-state index in [1.807, 2.05) is 6.07 Å². The fourth-order valence-corrected chi connectivity index (χ4v) is 3.92. The van der Waals surface area contributed by atoms with Gasteiger partial charge in [-0.05, 0) is 37.4 Å². The molecule has 25 heavy (non-hydrogen) atoms. The molecular weight excluding hydrogens is 338 g/mol. The second-order valence-electron chi connectivity index (χ2n) is 6.88. The highest BCUT2D eigenvalue weighted by atomic mass is 35.5. The van der Waals surface area contributed by atoms with Crippen LogP contribution >= 0.6 is 11.6 Å². The quantitative estimate of drug-likeness (QED) is 0.908. The van der Waals surface area contributed by atoms with E-state index in [4.69, 9.17) is 16.6 Å². The maximum absolute atomic E-state index is 12.1. The number of H-pyrrole nitrogens is 1. The van der Waals surface area contributed by atoms with Crippen molar-refractivity contribution in [2.75, 3.05) is 31.1 Å². The fourth-order valence-electron chi connectivity index (χ4n) is 3.74. The van der Waals surface area contributed by atoms with Crippen LogP contribution in [0, 0.1) is 0 Å². The lowest BCUT2D eigenvalue weighted by Crippen LogP contribution is -2.25. The third-order valence-corrected chi connectivity index (χ3v) is 5.44. The third-order valence-electron chi connectivity index (χ3n) is 5.10. The molecule has 7 heteroatoms. The maximum Gasteiger partial charge on any atom is 0.252 e. The molecule has 2 aromatic heterocycles. The molecule has 4 heterocycles. The van der Waals surface area contributed by atoms with Crippen LogP contribution in [0.1, 0.15) is 36.4 Å². The van der Waals surface area contributed by atoms with Crippen LogP contribution in [0.25, 0.3) is 0 Å². The van der Waals surface area contributed by atoms with E-state index in [0.717, 1.165) is 69.2 Å². The van der Waals surface area contributed by atoms with E-state index >= 15 is 0 Å². The number of anilines is 1. The topological polar surface area (TPSA) is 65.1 Å². The van der Waals surface area contributed by atoms with Gasteiger partial charge < -0.3 is 4.90 Å². The molecule has 1 atom stereocenters. The zero-order chi connectivity index (χ0) is 17.2. The van der Waals surface area contributed by atoms with Crippen LogP contribution < -0.4 is 10.5 Å². The summed E-state index contributed by atoms with van der Waals surface area (Å²) in [6.07, 6.45) is 6.80. The van der Waals surface area contributed by atoms with Crippen molar-refractivity contribution in [2.24, 2.45) is 0 Å². The highest BCUT2D eigenvalue weighted by Crippen LogP contribution is 2.28. The molecule has 2 saturated heterocycles. The average Bonchev–Trinajstić information content (AvgIpc) is 3.28. The number of nitrogens with one attached hydrogen (secondary N) is 1. The van der Waals surface area contributed by atoms with Crippen LogP contribution in [0.15, 0.2) is 29.3 Å². The summed E-state index contributed by atoms with van der Waals surface area (Å²) in [6.45, 7) is 4.64. The van der Waals surface area contributed by atoms with Crippen molar-refractivity contribution in [3.05, 3.63) is 51.2 Å². The molecule has 2 fully saturated rings. The second kappa shape index (κ2) is 7.14. The van der Waals surface area contributed by atoms with Crippen LogP contribution in [-0.2, 0) is 6.54 Å². The number of aromatic nitrogens is 3. The highest BCUT2D eigenvalue weighted by Gasteiger charge is 2.27. The molecule has 1 N–H and O–H groups in total. The van der Waals surface area contributed by atoms with Crippen molar-refractivity contribution in [3.63, 3.8) is 0 Å². The molecule has 1 unspecified atom stereocenters. The molecule has 2 aromatic rings. The van der Waals surface area contributed by atoms with Crippen molar-refractivity contribution in [1.29, 1.82) is 0 Å². The van der Waals surface area contributed by atoms with Gasteiger partial charge in [0.05, 0.1) is 10.7 Å². The number of hydrogen-bond donors (Lipinski definition) is 1. The number of nitrogens with zero attached hydrogens (tertiary/aromatic N) is 4. The van der Waals surface area contributed by atoms with Crippen LogP contribution in [0.4, 0.5) is 5.95 Å². The lowest BCUT2D eigenvalue weighted by atomic mass is 10.1. The Hall–Kier alpha value is -1.92. The lowest BCUT2D eigenvalue weighted by molar-refractivity contribution is 0.326. The van der Waals surface area contributed by atoms with Crippen molar-refractivity contribution in [3.8, 4) is 0 Å². The second-order valence-corrected chi connectivity index (χ2v) is 7.28. The SMILES string of the molecule is O=c1cc(C2CCN(Cc3ccncc3Cl)C2)nc(N2CCCC2)[nH]1. The average molecular weight is 360 g/mol. The first-order valence-corrected chi connectivity index (χ1v) is 9.24. The molecule has 0 amide bonds. The largest absolute Gasteiger partial charge is 0.342 e. The summed E-state index contributed by atoms with van der Waals surface area (Å²) in [5, 5.41) is 0.705. The Morgan fingerprint density at radius 2 is 2.12 bits per heavy atom. The Bertz CT molecular complexity index is 802. The molecule has 0 aliphatic carbocycles. The van der Waals surface area contributed by atoms with E-state index in [0.29, 0.717) is 10.9 Å². The number of pyridine rings is 1. The van der Waals surface area contributed by atoms with Crippen molar-refractivity contribution in [1.82, 2.24) is 19.9 Å². The number of likely N-dealkylation sites (tertiary alicyclic amines) is 1. The molecule has 6 nitrogen and oxygen atoms in total. The van der Waals surface area contributed by atoms with Gasteiger partial charge in [0.15, 0.2) is 0 Å². The zero-order valence-electron chi connectivity index (χ0n) is 14.1. The summed E-state index contributed by atoms with van der Waals surface area (Å²) in [7, 11) is 0. The van der Waals surface area contributed by atoms with Gasteiger partial charge in [0.2, 0.25) is 5.95 Å². The maximum atomic E-state index is 12.1. The summed E-state index contributed by atoms with van der Waals surface area (Å²) in [5.41, 5.74) is 1.95. The first-order chi connectivity index (χ1) is 12.2. The predicted molar refractivity (Wildman–Crippen MR) is 98.2 cm³/mol. The predicted octanol–water partition coefficient (Wildman–Crippen LogP) is 2.41. The zero-order valence-corrected chi connectivity index (χ0v) is 14.9. The normalized spacial score (nSPS) is 21.2. The van der Waals surface area contributed by atoms with Gasteiger partial charge in [0.1, 0.15) is 0 Å². The molecule has 2 aliphatic rings. The highest BCUT2D eigenvalue weighted by molar-refractivity contribution is 6.31. The molecule has 4 rings (SSSR count). The van der Waals surface area contributed by atoms with Gasteiger partial charge in [-0.2, -0.15) is 0 Å². The van der Waals surface area contributed by atoms with E-state index in [1.165, 1.54) is 0 Å². The Labute approximate surface area is 151 Å². The van der Waals surface area contributed by atoms with Gasteiger partial charge in [0, 0.05) is 50.6 Å². The van der Waals surface area contributed by atoms with E-state index in [9.17, 15) is 4.79 Å². The summed E-state index contributed by atoms with van der Waals surface area (Å²) in [4.78, 5) is 28.3. The summed E-state index contributed by atoms with van der Waals surface area (Å²) >= 11 is 6.22. The molecular formula is C18H22ClN5O. The molecule has 132 valence electrons. The molecule has 2 aliphatic heterocycles. The van der Waals surface area contributed by atoms with Crippen molar-refractivity contribution >= 4 is 17.5 Å². The Balaban J connectivity index is 1.48. The minimum Gasteiger partial charge on any atom is -0.342 e. The third kappa shape index (κ3) is 3.70. The van der Waals surface area contributed by atoms with Crippen LogP contribution in [-0.4, -0.2) is 46.0 Å². The smallest absolute Gasteiger partial charge is 0.252 e. The van der Waals surface area contributed by atoms with E-state index < -0.39 is 0 Å². The number of halogens is 1.